The molecular formula is C11H19NO4S. The van der Waals surface area contributed by atoms with Crippen LogP contribution in [0.1, 0.15) is 20.8 Å². The van der Waals surface area contributed by atoms with Crippen LogP contribution < -0.4 is 0 Å². The molecule has 17 heavy (non-hydrogen) atoms. The smallest absolute Gasteiger partial charge is 0.255 e. The summed E-state index contributed by atoms with van der Waals surface area (Å²) in [4.78, 5) is 13.1. The van der Waals surface area contributed by atoms with E-state index >= 15 is 0 Å². The first kappa shape index (κ1) is 14.2. The van der Waals surface area contributed by atoms with Crippen molar-refractivity contribution in [3.63, 3.8) is 0 Å². The highest BCUT2D eigenvalue weighted by Gasteiger charge is 2.38. The molecule has 0 unspecified atom stereocenters. The third kappa shape index (κ3) is 3.54. The van der Waals surface area contributed by atoms with Gasteiger partial charge in [0.2, 0.25) is 0 Å². The summed E-state index contributed by atoms with van der Waals surface area (Å²) >= 11 is 0. The summed E-state index contributed by atoms with van der Waals surface area (Å²) in [7, 11) is -3.37. The van der Waals surface area contributed by atoms with E-state index in [-0.39, 0.29) is 18.3 Å². The van der Waals surface area contributed by atoms with Crippen LogP contribution in [0.25, 0.3) is 0 Å². The van der Waals surface area contributed by atoms with Crippen molar-refractivity contribution >= 4 is 15.7 Å². The van der Waals surface area contributed by atoms with Crippen LogP contribution in [0.3, 0.4) is 0 Å². The molecule has 0 aliphatic carbocycles. The van der Waals surface area contributed by atoms with Gasteiger partial charge in [-0.2, -0.15) is 0 Å². The summed E-state index contributed by atoms with van der Waals surface area (Å²) in [6, 6.07) is 0. The van der Waals surface area contributed by atoms with Crippen LogP contribution in [0.2, 0.25) is 0 Å². The molecule has 98 valence electrons. The second-order valence-electron chi connectivity index (χ2n) is 5.03. The van der Waals surface area contributed by atoms with Crippen LogP contribution in [0.4, 0.5) is 0 Å². The van der Waals surface area contributed by atoms with Crippen molar-refractivity contribution in [2.24, 2.45) is 0 Å². The predicted molar refractivity (Wildman–Crippen MR) is 65.2 cm³/mol. The van der Waals surface area contributed by atoms with E-state index in [1.54, 1.807) is 20.8 Å². The number of carbonyl (C=O) groups is 1. The number of ether oxygens (including phenoxy) is 1. The average molecular weight is 261 g/mol. The van der Waals surface area contributed by atoms with Gasteiger partial charge in [0.05, 0.1) is 11.4 Å². The SMILES string of the molecule is C=CCN(CS(=O)(=O)C(C)(C)C)C(=O)[C@H]1CO1. The highest BCUT2D eigenvalue weighted by Crippen LogP contribution is 2.19. The maximum absolute atomic E-state index is 12.0. The Morgan fingerprint density at radius 2 is 2.06 bits per heavy atom. The Kier molecular flexibility index (Phi) is 3.99. The Morgan fingerprint density at radius 3 is 2.41 bits per heavy atom. The highest BCUT2D eigenvalue weighted by atomic mass is 32.2. The van der Waals surface area contributed by atoms with Crippen molar-refractivity contribution < 1.29 is 17.9 Å². The van der Waals surface area contributed by atoms with Crippen LogP contribution in [0, 0.1) is 0 Å². The Hall–Kier alpha value is -0.880. The van der Waals surface area contributed by atoms with Crippen molar-refractivity contribution in [3.8, 4) is 0 Å². The Morgan fingerprint density at radius 1 is 1.53 bits per heavy atom. The second kappa shape index (κ2) is 4.78. The molecule has 0 spiro atoms. The molecule has 6 heteroatoms. The molecule has 1 aliphatic rings. The third-order valence-corrected chi connectivity index (χ3v) is 5.05. The molecule has 0 aromatic carbocycles. The van der Waals surface area contributed by atoms with Crippen LogP contribution in [-0.4, -0.2) is 49.1 Å². The Bertz CT molecular complexity index is 404. The maximum atomic E-state index is 12.0. The lowest BCUT2D eigenvalue weighted by Crippen LogP contribution is -2.43. The minimum absolute atomic E-state index is 0.216. The molecule has 1 rings (SSSR count). The van der Waals surface area contributed by atoms with E-state index in [1.165, 1.54) is 11.0 Å². The summed E-state index contributed by atoms with van der Waals surface area (Å²) < 4.78 is 28.0. The van der Waals surface area contributed by atoms with Gasteiger partial charge in [0.25, 0.3) is 5.91 Å². The number of epoxide rings is 1. The molecule has 1 aliphatic heterocycles. The molecule has 0 aromatic rings. The normalized spacial score (nSPS) is 19.8. The van der Waals surface area contributed by atoms with Gasteiger partial charge in [-0.25, -0.2) is 8.42 Å². The fraction of sp³-hybridized carbons (Fsp3) is 0.727. The van der Waals surface area contributed by atoms with Crippen molar-refractivity contribution in [2.75, 3.05) is 19.0 Å². The van der Waals surface area contributed by atoms with Gasteiger partial charge in [-0.05, 0) is 20.8 Å². The van der Waals surface area contributed by atoms with Gasteiger partial charge in [-0.3, -0.25) is 4.79 Å². The number of sulfone groups is 1. The third-order valence-electron chi connectivity index (χ3n) is 2.53. The van der Waals surface area contributed by atoms with Crippen LogP contribution in [-0.2, 0) is 19.4 Å². The van der Waals surface area contributed by atoms with E-state index in [4.69, 9.17) is 4.74 Å². The summed E-state index contributed by atoms with van der Waals surface area (Å²) in [5.74, 6) is -0.570. The quantitative estimate of drug-likeness (QED) is 0.536. The molecule has 1 atom stereocenters. The summed E-state index contributed by atoms with van der Waals surface area (Å²) in [6.07, 6.45) is 1.04. The number of carbonyl (C=O) groups excluding carboxylic acids is 1. The van der Waals surface area contributed by atoms with E-state index in [2.05, 4.69) is 6.58 Å². The van der Waals surface area contributed by atoms with E-state index in [0.29, 0.717) is 6.61 Å². The first-order valence-electron chi connectivity index (χ1n) is 5.42. The Balaban J connectivity index is 2.79. The van der Waals surface area contributed by atoms with Gasteiger partial charge in [0, 0.05) is 6.54 Å². The monoisotopic (exact) mass is 261 g/mol. The molecule has 0 bridgehead atoms. The molecule has 1 heterocycles. The standard InChI is InChI=1S/C11H19NO4S/c1-5-6-12(10(13)9-7-16-9)8-17(14,15)11(2,3)4/h5,9H,1,6-8H2,2-4H3/t9-/m1/s1. The first-order chi connectivity index (χ1) is 7.69. The van der Waals surface area contributed by atoms with Crippen LogP contribution in [0.15, 0.2) is 12.7 Å². The number of hydrogen-bond donors (Lipinski definition) is 0. The lowest BCUT2D eigenvalue weighted by molar-refractivity contribution is -0.131. The van der Waals surface area contributed by atoms with Gasteiger partial charge in [-0.1, -0.05) is 6.08 Å². The largest absolute Gasteiger partial charge is 0.363 e. The van der Waals surface area contributed by atoms with Gasteiger partial charge in [-0.15, -0.1) is 6.58 Å². The van der Waals surface area contributed by atoms with Crippen LogP contribution >= 0.6 is 0 Å². The molecule has 0 saturated carbocycles. The molecular weight excluding hydrogens is 242 g/mol. The van der Waals surface area contributed by atoms with Crippen molar-refractivity contribution in [1.82, 2.24) is 4.90 Å². The number of nitrogens with zero attached hydrogens (tertiary/aromatic N) is 1. The maximum Gasteiger partial charge on any atom is 0.255 e. The van der Waals surface area contributed by atoms with Crippen LogP contribution in [0.5, 0.6) is 0 Å². The van der Waals surface area contributed by atoms with E-state index in [1.807, 2.05) is 0 Å². The van der Waals surface area contributed by atoms with Crippen molar-refractivity contribution in [1.29, 1.82) is 0 Å². The summed E-state index contributed by atoms with van der Waals surface area (Å²) in [5.41, 5.74) is 0. The predicted octanol–water partition coefficient (Wildman–Crippen LogP) is 0.571. The van der Waals surface area contributed by atoms with Crippen molar-refractivity contribution in [2.45, 2.75) is 31.6 Å². The van der Waals surface area contributed by atoms with E-state index in [0.717, 1.165) is 0 Å². The van der Waals surface area contributed by atoms with Gasteiger partial charge in [0.15, 0.2) is 15.9 Å². The fourth-order valence-electron chi connectivity index (χ4n) is 1.16. The number of amides is 1. The average Bonchev–Trinajstić information content (AvgIpc) is 2.97. The molecule has 1 saturated heterocycles. The van der Waals surface area contributed by atoms with E-state index in [9.17, 15) is 13.2 Å². The molecule has 1 amide bonds. The zero-order valence-corrected chi connectivity index (χ0v) is 11.3. The second-order valence-corrected chi connectivity index (χ2v) is 7.74. The molecule has 0 aromatic heterocycles. The lowest BCUT2D eigenvalue weighted by Gasteiger charge is -2.26. The molecule has 0 N–H and O–H groups in total. The topological polar surface area (TPSA) is 67.0 Å². The summed E-state index contributed by atoms with van der Waals surface area (Å²) in [6.45, 7) is 8.97. The zero-order chi connectivity index (χ0) is 13.3. The zero-order valence-electron chi connectivity index (χ0n) is 10.5. The molecule has 5 nitrogen and oxygen atoms in total. The summed E-state index contributed by atoms with van der Waals surface area (Å²) in [5, 5.41) is 0. The number of hydrogen-bond acceptors (Lipinski definition) is 4. The lowest BCUT2D eigenvalue weighted by atomic mass is 10.3. The fourth-order valence-corrected chi connectivity index (χ4v) is 2.19. The molecule has 0 radical (unpaired) electrons. The van der Waals surface area contributed by atoms with E-state index < -0.39 is 20.7 Å². The van der Waals surface area contributed by atoms with Gasteiger partial charge >= 0.3 is 0 Å². The highest BCUT2D eigenvalue weighted by molar-refractivity contribution is 7.92. The van der Waals surface area contributed by atoms with Crippen molar-refractivity contribution in [3.05, 3.63) is 12.7 Å². The van der Waals surface area contributed by atoms with Gasteiger partial charge < -0.3 is 9.64 Å². The first-order valence-corrected chi connectivity index (χ1v) is 7.08. The minimum Gasteiger partial charge on any atom is -0.363 e. The van der Waals surface area contributed by atoms with Gasteiger partial charge in [0.1, 0.15) is 5.88 Å². The minimum atomic E-state index is -3.37. The Labute approximate surface area is 102 Å². The molecule has 1 fully saturated rings. The number of rotatable bonds is 5.